The molecule has 6 heteroatoms. The molecule has 0 unspecified atom stereocenters. The summed E-state index contributed by atoms with van der Waals surface area (Å²) in [6, 6.07) is 2.62. The van der Waals surface area contributed by atoms with Crippen molar-refractivity contribution in [3.8, 4) is 0 Å². The van der Waals surface area contributed by atoms with E-state index in [-0.39, 0.29) is 6.42 Å². The molecule has 2 N–H and O–H groups in total. The van der Waals surface area contributed by atoms with Gasteiger partial charge in [-0.25, -0.2) is 9.97 Å². The van der Waals surface area contributed by atoms with Gasteiger partial charge in [-0.05, 0) is 38.0 Å². The van der Waals surface area contributed by atoms with Gasteiger partial charge < -0.3 is 15.3 Å². The maximum Gasteiger partial charge on any atom is 0.303 e. The maximum absolute atomic E-state index is 10.6. The summed E-state index contributed by atoms with van der Waals surface area (Å²) in [5.41, 5.74) is 0. The molecular formula is C15H22N4O2. The molecule has 1 aromatic rings. The minimum atomic E-state index is -0.691. The van der Waals surface area contributed by atoms with Crippen LogP contribution < -0.4 is 10.2 Å². The number of carboxylic acid groups (broad SMARTS) is 1. The van der Waals surface area contributed by atoms with E-state index < -0.39 is 5.97 Å². The van der Waals surface area contributed by atoms with E-state index in [9.17, 15) is 4.79 Å². The van der Waals surface area contributed by atoms with Crippen LogP contribution in [0.5, 0.6) is 0 Å². The van der Waals surface area contributed by atoms with Crippen LogP contribution in [-0.4, -0.2) is 40.2 Å². The molecule has 2 fully saturated rings. The second-order valence-corrected chi connectivity index (χ2v) is 6.04. The van der Waals surface area contributed by atoms with Crippen molar-refractivity contribution in [2.45, 2.75) is 44.6 Å². The van der Waals surface area contributed by atoms with Gasteiger partial charge in [-0.15, -0.1) is 0 Å². The van der Waals surface area contributed by atoms with Gasteiger partial charge in [0.15, 0.2) is 0 Å². The average molecular weight is 290 g/mol. The molecule has 0 amide bonds. The average Bonchev–Trinajstić information content (AvgIpc) is 3.30. The van der Waals surface area contributed by atoms with E-state index in [4.69, 9.17) is 5.11 Å². The van der Waals surface area contributed by atoms with Crippen LogP contribution >= 0.6 is 0 Å². The van der Waals surface area contributed by atoms with Gasteiger partial charge in [-0.1, -0.05) is 0 Å². The summed E-state index contributed by atoms with van der Waals surface area (Å²) in [5, 5.41) is 12.1. The number of anilines is 2. The molecule has 2 aliphatic rings. The van der Waals surface area contributed by atoms with Crippen molar-refractivity contribution in [1.82, 2.24) is 9.97 Å². The summed E-state index contributed by atoms with van der Waals surface area (Å²) in [5.74, 6) is 1.73. The Morgan fingerprint density at radius 2 is 2.05 bits per heavy atom. The molecule has 6 nitrogen and oxygen atoms in total. The summed E-state index contributed by atoms with van der Waals surface area (Å²) < 4.78 is 0. The van der Waals surface area contributed by atoms with Gasteiger partial charge in [0.2, 0.25) is 0 Å². The molecule has 2 heterocycles. The molecule has 0 spiro atoms. The molecule has 0 bridgehead atoms. The predicted molar refractivity (Wildman–Crippen MR) is 80.5 cm³/mol. The Bertz CT molecular complexity index is 496. The molecule has 114 valence electrons. The highest BCUT2D eigenvalue weighted by Crippen LogP contribution is 2.27. The van der Waals surface area contributed by atoms with E-state index >= 15 is 0 Å². The lowest BCUT2D eigenvalue weighted by molar-refractivity contribution is -0.137. The van der Waals surface area contributed by atoms with Crippen molar-refractivity contribution in [2.75, 3.05) is 23.3 Å². The first-order valence-corrected chi connectivity index (χ1v) is 7.76. The smallest absolute Gasteiger partial charge is 0.303 e. The molecule has 1 aliphatic carbocycles. The van der Waals surface area contributed by atoms with Crippen molar-refractivity contribution < 1.29 is 9.90 Å². The zero-order valence-electron chi connectivity index (χ0n) is 12.2. The third kappa shape index (κ3) is 4.06. The number of carbonyl (C=O) groups is 1. The van der Waals surface area contributed by atoms with E-state index in [0.29, 0.717) is 12.0 Å². The first-order chi connectivity index (χ1) is 10.2. The second-order valence-electron chi connectivity index (χ2n) is 6.04. The number of aliphatic carboxylic acids is 1. The summed E-state index contributed by atoms with van der Waals surface area (Å²) >= 11 is 0. The summed E-state index contributed by atoms with van der Waals surface area (Å²) in [6.45, 7) is 1.90. The van der Waals surface area contributed by atoms with Crippen LogP contribution in [0.2, 0.25) is 0 Å². The highest BCUT2D eigenvalue weighted by Gasteiger charge is 2.23. The zero-order chi connectivity index (χ0) is 14.7. The van der Waals surface area contributed by atoms with Gasteiger partial charge in [0.05, 0.1) is 0 Å². The Labute approximate surface area is 124 Å². The van der Waals surface area contributed by atoms with Crippen LogP contribution in [0.4, 0.5) is 11.6 Å². The Kier molecular flexibility index (Phi) is 4.22. The lowest BCUT2D eigenvalue weighted by Crippen LogP contribution is -2.34. The zero-order valence-corrected chi connectivity index (χ0v) is 12.2. The fourth-order valence-electron chi connectivity index (χ4n) is 2.81. The Morgan fingerprint density at radius 1 is 1.29 bits per heavy atom. The number of hydrogen-bond acceptors (Lipinski definition) is 5. The molecule has 21 heavy (non-hydrogen) atoms. The SMILES string of the molecule is O=C(O)CCC1CCN(c2cc(NC3CC3)ncn2)CC1. The normalized spacial score (nSPS) is 19.5. The lowest BCUT2D eigenvalue weighted by Gasteiger charge is -2.32. The number of hydrogen-bond donors (Lipinski definition) is 2. The number of nitrogens with one attached hydrogen (secondary N) is 1. The van der Waals surface area contributed by atoms with Crippen LogP contribution in [0.3, 0.4) is 0 Å². The number of piperidine rings is 1. The van der Waals surface area contributed by atoms with Crippen molar-refractivity contribution in [3.05, 3.63) is 12.4 Å². The van der Waals surface area contributed by atoms with E-state index in [1.54, 1.807) is 6.33 Å². The van der Waals surface area contributed by atoms with Crippen molar-refractivity contribution >= 4 is 17.6 Å². The first-order valence-electron chi connectivity index (χ1n) is 7.76. The van der Waals surface area contributed by atoms with E-state index in [2.05, 4.69) is 20.2 Å². The summed E-state index contributed by atoms with van der Waals surface area (Å²) in [7, 11) is 0. The topological polar surface area (TPSA) is 78.4 Å². The molecule has 1 aliphatic heterocycles. The third-order valence-corrected chi connectivity index (χ3v) is 4.29. The van der Waals surface area contributed by atoms with E-state index in [0.717, 1.165) is 44.0 Å². The highest BCUT2D eigenvalue weighted by molar-refractivity contribution is 5.66. The van der Waals surface area contributed by atoms with Gasteiger partial charge >= 0.3 is 5.97 Å². The number of aromatic nitrogens is 2. The van der Waals surface area contributed by atoms with Crippen LogP contribution in [0, 0.1) is 5.92 Å². The largest absolute Gasteiger partial charge is 0.481 e. The van der Waals surface area contributed by atoms with Crippen molar-refractivity contribution in [3.63, 3.8) is 0 Å². The minimum Gasteiger partial charge on any atom is -0.481 e. The van der Waals surface area contributed by atoms with Crippen molar-refractivity contribution in [1.29, 1.82) is 0 Å². The van der Waals surface area contributed by atoms with Crippen molar-refractivity contribution in [2.24, 2.45) is 5.92 Å². The molecular weight excluding hydrogens is 268 g/mol. The quantitative estimate of drug-likeness (QED) is 0.835. The second kappa shape index (κ2) is 6.28. The van der Waals surface area contributed by atoms with E-state index in [1.165, 1.54) is 12.8 Å². The Balaban J connectivity index is 1.52. The van der Waals surface area contributed by atoms with Crippen LogP contribution in [-0.2, 0) is 4.79 Å². The molecule has 0 atom stereocenters. The number of carboxylic acids is 1. The first kappa shape index (κ1) is 14.1. The van der Waals surface area contributed by atoms with Crippen LogP contribution in [0.15, 0.2) is 12.4 Å². The van der Waals surface area contributed by atoms with Gasteiger partial charge in [0.1, 0.15) is 18.0 Å². The lowest BCUT2D eigenvalue weighted by atomic mass is 9.92. The Morgan fingerprint density at radius 3 is 2.71 bits per heavy atom. The van der Waals surface area contributed by atoms with Crippen LogP contribution in [0.1, 0.15) is 38.5 Å². The maximum atomic E-state index is 10.6. The molecule has 1 saturated carbocycles. The molecule has 0 aromatic carbocycles. The Hall–Kier alpha value is -1.85. The van der Waals surface area contributed by atoms with Gasteiger partial charge in [-0.3, -0.25) is 4.79 Å². The van der Waals surface area contributed by atoms with E-state index in [1.807, 2.05) is 6.07 Å². The predicted octanol–water partition coefficient (Wildman–Crippen LogP) is 2.13. The standard InChI is InChI=1S/C15H22N4O2/c20-15(21)4-1-11-5-7-19(8-6-11)14-9-13(16-10-17-14)18-12-2-3-12/h9-12H,1-8H2,(H,20,21)(H,16,17,18). The molecule has 1 aromatic heterocycles. The number of rotatable bonds is 6. The minimum absolute atomic E-state index is 0.285. The number of nitrogens with zero attached hydrogens (tertiary/aromatic N) is 3. The molecule has 0 radical (unpaired) electrons. The third-order valence-electron chi connectivity index (χ3n) is 4.29. The van der Waals surface area contributed by atoms with Gasteiger partial charge in [-0.2, -0.15) is 0 Å². The van der Waals surface area contributed by atoms with Gasteiger partial charge in [0.25, 0.3) is 0 Å². The molecule has 3 rings (SSSR count). The fraction of sp³-hybridized carbons (Fsp3) is 0.667. The summed E-state index contributed by atoms with van der Waals surface area (Å²) in [6.07, 6.45) is 7.25. The summed E-state index contributed by atoms with van der Waals surface area (Å²) in [4.78, 5) is 21.5. The van der Waals surface area contributed by atoms with Gasteiger partial charge in [0, 0.05) is 31.6 Å². The highest BCUT2D eigenvalue weighted by atomic mass is 16.4. The van der Waals surface area contributed by atoms with Crippen LogP contribution in [0.25, 0.3) is 0 Å². The monoisotopic (exact) mass is 290 g/mol. The molecule has 1 saturated heterocycles. The fourth-order valence-corrected chi connectivity index (χ4v) is 2.81.